The molecule has 1 saturated carbocycles. The first-order valence-corrected chi connectivity index (χ1v) is 11.0. The summed E-state index contributed by atoms with van der Waals surface area (Å²) in [6.45, 7) is 1.41. The highest BCUT2D eigenvalue weighted by Gasteiger charge is 2.21. The molecule has 1 atom stereocenters. The minimum absolute atomic E-state index is 0.0147. The molecular weight excluding hydrogens is 368 g/mol. The van der Waals surface area contributed by atoms with E-state index in [1.807, 2.05) is 24.3 Å². The minimum Gasteiger partial charge on any atom is -0.491 e. The Hall–Kier alpha value is -2.08. The van der Waals surface area contributed by atoms with Crippen LogP contribution in [0, 0.1) is 5.92 Å². The second-order valence-electron chi connectivity index (χ2n) is 8.30. The van der Waals surface area contributed by atoms with Crippen molar-refractivity contribution in [1.82, 2.24) is 10.2 Å². The number of ether oxygens (including phenoxy) is 1. The molecule has 1 heterocycles. The second kappa shape index (κ2) is 11.2. The van der Waals surface area contributed by atoms with Gasteiger partial charge in [0.15, 0.2) is 0 Å². The molecule has 1 aromatic rings. The van der Waals surface area contributed by atoms with E-state index in [1.165, 1.54) is 32.1 Å². The van der Waals surface area contributed by atoms with Gasteiger partial charge in [-0.1, -0.05) is 50.3 Å². The van der Waals surface area contributed by atoms with Crippen LogP contribution in [0.2, 0.25) is 0 Å². The number of hydrogen-bond acceptors (Lipinski definition) is 4. The van der Waals surface area contributed by atoms with Crippen LogP contribution in [0.3, 0.4) is 0 Å². The van der Waals surface area contributed by atoms with Crippen LogP contribution in [-0.2, 0) is 16.1 Å². The van der Waals surface area contributed by atoms with Gasteiger partial charge in [-0.3, -0.25) is 9.59 Å². The van der Waals surface area contributed by atoms with Gasteiger partial charge in [0.05, 0.1) is 19.2 Å². The van der Waals surface area contributed by atoms with Crippen molar-refractivity contribution in [2.45, 2.75) is 70.4 Å². The zero-order chi connectivity index (χ0) is 20.5. The zero-order valence-electron chi connectivity index (χ0n) is 17.3. The van der Waals surface area contributed by atoms with Gasteiger partial charge in [0, 0.05) is 24.9 Å². The number of aliphatic hydroxyl groups is 1. The van der Waals surface area contributed by atoms with Gasteiger partial charge >= 0.3 is 0 Å². The Morgan fingerprint density at radius 2 is 1.97 bits per heavy atom. The number of hydrogen-bond donors (Lipinski definition) is 2. The van der Waals surface area contributed by atoms with Crippen molar-refractivity contribution in [3.8, 4) is 5.75 Å². The molecule has 1 aliphatic heterocycles. The predicted molar refractivity (Wildman–Crippen MR) is 111 cm³/mol. The fourth-order valence-electron chi connectivity index (χ4n) is 4.31. The molecule has 0 spiro atoms. The molecule has 1 aliphatic carbocycles. The molecule has 0 aromatic heterocycles. The summed E-state index contributed by atoms with van der Waals surface area (Å²) in [5.41, 5.74) is 1.01. The van der Waals surface area contributed by atoms with E-state index in [1.54, 1.807) is 4.90 Å². The third-order valence-electron chi connectivity index (χ3n) is 6.10. The molecule has 2 amide bonds. The van der Waals surface area contributed by atoms with E-state index < -0.39 is 0 Å². The van der Waals surface area contributed by atoms with Gasteiger partial charge in [0.1, 0.15) is 12.4 Å². The maximum atomic E-state index is 12.7. The topological polar surface area (TPSA) is 78.9 Å². The van der Waals surface area contributed by atoms with Gasteiger partial charge in [0.2, 0.25) is 11.8 Å². The first-order chi connectivity index (χ1) is 14.2. The summed E-state index contributed by atoms with van der Waals surface area (Å²) < 4.78 is 5.71. The molecule has 6 nitrogen and oxygen atoms in total. The molecule has 29 heavy (non-hydrogen) atoms. The molecule has 0 bridgehead atoms. The molecule has 160 valence electrons. The maximum Gasteiger partial charge on any atom is 0.223 e. The molecule has 2 N–H and O–H groups in total. The van der Waals surface area contributed by atoms with Crippen molar-refractivity contribution in [1.29, 1.82) is 0 Å². The molecule has 6 heteroatoms. The Labute approximate surface area is 173 Å². The number of rotatable bonds is 8. The predicted octanol–water partition coefficient (Wildman–Crippen LogP) is 3.03. The van der Waals surface area contributed by atoms with Crippen LogP contribution in [0.4, 0.5) is 0 Å². The molecule has 1 fully saturated rings. The van der Waals surface area contributed by atoms with E-state index >= 15 is 0 Å². The highest BCUT2D eigenvalue weighted by molar-refractivity contribution is 5.77. The number of nitrogens with one attached hydrogen (secondary N) is 1. The van der Waals surface area contributed by atoms with Crippen LogP contribution < -0.4 is 10.1 Å². The summed E-state index contributed by atoms with van der Waals surface area (Å²) >= 11 is 0. The Bertz CT molecular complexity index is 673. The largest absolute Gasteiger partial charge is 0.491 e. The van der Waals surface area contributed by atoms with Crippen LogP contribution in [0.1, 0.15) is 63.4 Å². The van der Waals surface area contributed by atoms with Crippen LogP contribution in [0.15, 0.2) is 24.3 Å². The lowest BCUT2D eigenvalue weighted by atomic mass is 9.86. The van der Waals surface area contributed by atoms with Crippen LogP contribution in [-0.4, -0.2) is 47.6 Å². The standard InChI is InChI=1S/C23H34N2O4/c26-17-20(24-22(27)12-10-18-6-2-1-3-7-18)11-13-23(28)25-14-15-29-21-9-5-4-8-19(21)16-25/h4-5,8-9,18,20,26H,1-3,6-7,10-17H2,(H,24,27)/t20-/m0/s1. The van der Waals surface area contributed by atoms with Gasteiger partial charge in [0.25, 0.3) is 0 Å². The Kier molecular flexibility index (Phi) is 8.35. The van der Waals surface area contributed by atoms with E-state index in [-0.39, 0.29) is 24.5 Å². The second-order valence-corrected chi connectivity index (χ2v) is 8.30. The molecule has 2 aliphatic rings. The molecular formula is C23H34N2O4. The van der Waals surface area contributed by atoms with Gasteiger partial charge in [-0.2, -0.15) is 0 Å². The number of benzene rings is 1. The van der Waals surface area contributed by atoms with E-state index in [0.29, 0.717) is 44.9 Å². The van der Waals surface area contributed by atoms with Crippen LogP contribution in [0.25, 0.3) is 0 Å². The lowest BCUT2D eigenvalue weighted by molar-refractivity contribution is -0.132. The summed E-state index contributed by atoms with van der Waals surface area (Å²) in [5, 5.41) is 12.5. The fraction of sp³-hybridized carbons (Fsp3) is 0.652. The molecule has 3 rings (SSSR count). The quantitative estimate of drug-likeness (QED) is 0.701. The Morgan fingerprint density at radius 1 is 1.17 bits per heavy atom. The monoisotopic (exact) mass is 402 g/mol. The Morgan fingerprint density at radius 3 is 2.76 bits per heavy atom. The summed E-state index contributed by atoms with van der Waals surface area (Å²) in [7, 11) is 0. The highest BCUT2D eigenvalue weighted by atomic mass is 16.5. The van der Waals surface area contributed by atoms with Gasteiger partial charge in [-0.15, -0.1) is 0 Å². The average molecular weight is 403 g/mol. The average Bonchev–Trinajstić information content (AvgIpc) is 2.98. The van der Waals surface area contributed by atoms with E-state index in [4.69, 9.17) is 4.74 Å². The van der Waals surface area contributed by atoms with E-state index in [9.17, 15) is 14.7 Å². The normalized spacial score (nSPS) is 18.3. The molecule has 0 radical (unpaired) electrons. The van der Waals surface area contributed by atoms with E-state index in [2.05, 4.69) is 5.32 Å². The summed E-state index contributed by atoms with van der Waals surface area (Å²) in [6.07, 6.45) is 8.52. The third kappa shape index (κ3) is 6.74. The van der Waals surface area contributed by atoms with E-state index in [0.717, 1.165) is 17.7 Å². The van der Waals surface area contributed by atoms with Crippen LogP contribution >= 0.6 is 0 Å². The Balaban J connectivity index is 1.41. The number of nitrogens with zero attached hydrogens (tertiary/aromatic N) is 1. The lowest BCUT2D eigenvalue weighted by Crippen LogP contribution is -2.39. The van der Waals surface area contributed by atoms with Crippen LogP contribution in [0.5, 0.6) is 5.75 Å². The summed E-state index contributed by atoms with van der Waals surface area (Å²) in [5.74, 6) is 1.51. The zero-order valence-corrected chi connectivity index (χ0v) is 17.3. The number of aliphatic hydroxyl groups excluding tert-OH is 1. The first kappa shape index (κ1) is 21.6. The number of para-hydroxylation sites is 1. The SMILES string of the molecule is O=C(CCC1CCCCC1)N[C@H](CO)CCC(=O)N1CCOc2ccccc2C1. The minimum atomic E-state index is -0.367. The number of amides is 2. The summed E-state index contributed by atoms with van der Waals surface area (Å²) in [4.78, 5) is 26.7. The maximum absolute atomic E-state index is 12.7. The molecule has 1 aromatic carbocycles. The van der Waals surface area contributed by atoms with Gasteiger partial charge in [-0.25, -0.2) is 0 Å². The van der Waals surface area contributed by atoms with Crippen molar-refractivity contribution < 1.29 is 19.4 Å². The third-order valence-corrected chi connectivity index (χ3v) is 6.10. The number of carbonyl (C=O) groups is 2. The lowest BCUT2D eigenvalue weighted by Gasteiger charge is -2.23. The van der Waals surface area contributed by atoms with Crippen molar-refractivity contribution in [2.75, 3.05) is 19.8 Å². The van der Waals surface area contributed by atoms with Crippen molar-refractivity contribution >= 4 is 11.8 Å². The summed E-state index contributed by atoms with van der Waals surface area (Å²) in [6, 6.07) is 7.41. The van der Waals surface area contributed by atoms with Gasteiger partial charge < -0.3 is 20.1 Å². The smallest absolute Gasteiger partial charge is 0.223 e. The number of fused-ring (bicyclic) bond motifs is 1. The van der Waals surface area contributed by atoms with Crippen molar-refractivity contribution in [2.24, 2.45) is 5.92 Å². The highest BCUT2D eigenvalue weighted by Crippen LogP contribution is 2.27. The van der Waals surface area contributed by atoms with Gasteiger partial charge in [-0.05, 0) is 24.8 Å². The van der Waals surface area contributed by atoms with Crippen molar-refractivity contribution in [3.63, 3.8) is 0 Å². The fourth-order valence-corrected chi connectivity index (χ4v) is 4.31. The molecule has 0 saturated heterocycles. The van der Waals surface area contributed by atoms with Crippen molar-refractivity contribution in [3.05, 3.63) is 29.8 Å². The molecule has 0 unspecified atom stereocenters. The number of carbonyl (C=O) groups excluding carboxylic acids is 2. The first-order valence-electron chi connectivity index (χ1n) is 11.0.